The molecule has 1 aliphatic heterocycles. The molecule has 7 nitrogen and oxygen atoms in total. The van der Waals surface area contributed by atoms with Crippen molar-refractivity contribution >= 4 is 15.9 Å². The van der Waals surface area contributed by atoms with Crippen LogP contribution in [-0.4, -0.2) is 51.2 Å². The summed E-state index contributed by atoms with van der Waals surface area (Å²) in [6, 6.07) is 10.9. The van der Waals surface area contributed by atoms with Crippen LogP contribution in [0.25, 0.3) is 0 Å². The first-order chi connectivity index (χ1) is 13.9. The maximum Gasteiger partial charge on any atom is 0.257 e. The zero-order chi connectivity index (χ0) is 20.9. The molecular weight excluding hydrogens is 399 g/mol. The summed E-state index contributed by atoms with van der Waals surface area (Å²) in [5, 5.41) is 2.53. The van der Waals surface area contributed by atoms with Crippen LogP contribution in [0.5, 0.6) is 11.5 Å². The highest BCUT2D eigenvalue weighted by atomic mass is 32.2. The van der Waals surface area contributed by atoms with E-state index < -0.39 is 21.7 Å². The summed E-state index contributed by atoms with van der Waals surface area (Å²) in [5.74, 6) is 0.0799. The van der Waals surface area contributed by atoms with Gasteiger partial charge in [0.1, 0.15) is 17.3 Å². The lowest BCUT2D eigenvalue weighted by molar-refractivity contribution is -0.122. The molecule has 0 saturated carbocycles. The maximum absolute atomic E-state index is 12.8. The van der Waals surface area contributed by atoms with Gasteiger partial charge in [0.2, 0.25) is 10.0 Å². The van der Waals surface area contributed by atoms with E-state index in [1.165, 1.54) is 28.6 Å². The van der Waals surface area contributed by atoms with E-state index in [1.807, 2.05) is 18.2 Å². The molecule has 1 aliphatic rings. The largest absolute Gasteiger partial charge is 0.497 e. The third kappa shape index (κ3) is 5.68. The molecule has 1 N–H and O–H groups in total. The minimum Gasteiger partial charge on any atom is -0.497 e. The number of carbonyl (C=O) groups is 1. The van der Waals surface area contributed by atoms with Gasteiger partial charge in [-0.2, -0.15) is 4.31 Å². The van der Waals surface area contributed by atoms with Crippen molar-refractivity contribution in [2.24, 2.45) is 0 Å². The van der Waals surface area contributed by atoms with Gasteiger partial charge in [0.25, 0.3) is 5.91 Å². The van der Waals surface area contributed by atoms with Crippen LogP contribution in [-0.2, 0) is 27.8 Å². The van der Waals surface area contributed by atoms with E-state index in [9.17, 15) is 17.6 Å². The van der Waals surface area contributed by atoms with Gasteiger partial charge in [-0.1, -0.05) is 6.07 Å². The Bertz CT molecular complexity index is 963. The van der Waals surface area contributed by atoms with Gasteiger partial charge in [-0.3, -0.25) is 4.79 Å². The zero-order valence-corrected chi connectivity index (χ0v) is 16.9. The third-order valence-corrected chi connectivity index (χ3v) is 6.47. The van der Waals surface area contributed by atoms with E-state index in [0.29, 0.717) is 25.3 Å². The molecule has 2 aromatic carbocycles. The fourth-order valence-electron chi connectivity index (χ4n) is 3.05. The number of halogens is 1. The Hall–Kier alpha value is -2.65. The molecular formula is C20H23FN2O5S. The highest BCUT2D eigenvalue weighted by molar-refractivity contribution is 7.89. The van der Waals surface area contributed by atoms with Gasteiger partial charge in [-0.05, 0) is 53.9 Å². The number of nitrogens with one attached hydrogen (secondary N) is 1. The van der Waals surface area contributed by atoms with Crippen LogP contribution in [0.15, 0.2) is 42.5 Å². The van der Waals surface area contributed by atoms with Crippen LogP contribution in [0.2, 0.25) is 0 Å². The molecule has 0 fully saturated rings. The Labute approximate surface area is 169 Å². The van der Waals surface area contributed by atoms with E-state index >= 15 is 0 Å². The number of ether oxygens (including phenoxy) is 2. The molecule has 0 radical (unpaired) electrons. The Morgan fingerprint density at radius 1 is 1.14 bits per heavy atom. The quantitative estimate of drug-likeness (QED) is 0.700. The van der Waals surface area contributed by atoms with E-state index in [2.05, 4.69) is 5.32 Å². The van der Waals surface area contributed by atoms with Gasteiger partial charge >= 0.3 is 0 Å². The molecule has 0 atom stereocenters. The lowest BCUT2D eigenvalue weighted by Gasteiger charge is -2.28. The summed E-state index contributed by atoms with van der Waals surface area (Å²) in [6.07, 6.45) is 0.615. The van der Waals surface area contributed by atoms with Crippen LogP contribution < -0.4 is 14.8 Å². The van der Waals surface area contributed by atoms with E-state index in [4.69, 9.17) is 9.47 Å². The molecule has 0 aromatic heterocycles. The summed E-state index contributed by atoms with van der Waals surface area (Å²) < 4.78 is 49.9. The number of fused-ring (bicyclic) bond motifs is 1. The number of amides is 1. The topological polar surface area (TPSA) is 84.9 Å². The molecule has 0 unspecified atom stereocenters. The number of rotatable bonds is 8. The second-order valence-electron chi connectivity index (χ2n) is 6.63. The van der Waals surface area contributed by atoms with Gasteiger partial charge in [-0.25, -0.2) is 12.8 Å². The summed E-state index contributed by atoms with van der Waals surface area (Å²) in [7, 11) is -1.91. The Morgan fingerprint density at radius 2 is 1.86 bits per heavy atom. The summed E-state index contributed by atoms with van der Waals surface area (Å²) in [6.45, 7) is 0.415. The van der Waals surface area contributed by atoms with Crippen molar-refractivity contribution in [1.29, 1.82) is 0 Å². The average Bonchev–Trinajstić information content (AvgIpc) is 2.72. The molecule has 0 saturated heterocycles. The molecule has 1 amide bonds. The fourth-order valence-corrected chi connectivity index (χ4v) is 4.37. The summed E-state index contributed by atoms with van der Waals surface area (Å²) in [5.41, 5.74) is 2.04. The molecule has 156 valence electrons. The van der Waals surface area contributed by atoms with Gasteiger partial charge in [0.15, 0.2) is 6.61 Å². The van der Waals surface area contributed by atoms with Crippen molar-refractivity contribution in [1.82, 2.24) is 9.62 Å². The molecule has 0 spiro atoms. The first-order valence-electron chi connectivity index (χ1n) is 9.16. The van der Waals surface area contributed by atoms with Gasteiger partial charge in [0.05, 0.1) is 12.9 Å². The second kappa shape index (κ2) is 9.23. The predicted octanol–water partition coefficient (Wildman–Crippen LogP) is 1.72. The molecule has 29 heavy (non-hydrogen) atoms. The fraction of sp³-hybridized carbons (Fsp3) is 0.350. The molecule has 3 rings (SSSR count). The predicted molar refractivity (Wildman–Crippen MR) is 106 cm³/mol. The van der Waals surface area contributed by atoms with Crippen LogP contribution in [0.4, 0.5) is 4.39 Å². The average molecular weight is 422 g/mol. The lowest BCUT2D eigenvalue weighted by Crippen LogP contribution is -2.41. The first kappa shape index (κ1) is 21.1. The van der Waals surface area contributed by atoms with Crippen molar-refractivity contribution in [2.75, 3.05) is 32.6 Å². The number of nitrogens with zero attached hydrogens (tertiary/aromatic N) is 1. The lowest BCUT2D eigenvalue weighted by atomic mass is 10.0. The Balaban J connectivity index is 1.46. The van der Waals surface area contributed by atoms with Gasteiger partial charge < -0.3 is 14.8 Å². The summed E-state index contributed by atoms with van der Waals surface area (Å²) >= 11 is 0. The number of hydrogen-bond acceptors (Lipinski definition) is 5. The summed E-state index contributed by atoms with van der Waals surface area (Å²) in [4.78, 5) is 11.8. The minimum atomic E-state index is -3.50. The van der Waals surface area contributed by atoms with Crippen molar-refractivity contribution < 1.29 is 27.1 Å². The van der Waals surface area contributed by atoms with E-state index in [1.54, 1.807) is 7.11 Å². The number of methoxy groups -OCH3 is 1. The van der Waals surface area contributed by atoms with Crippen molar-refractivity contribution in [3.8, 4) is 11.5 Å². The minimum absolute atomic E-state index is 0.0140. The van der Waals surface area contributed by atoms with Crippen molar-refractivity contribution in [2.45, 2.75) is 13.0 Å². The highest BCUT2D eigenvalue weighted by Gasteiger charge is 2.26. The second-order valence-corrected chi connectivity index (χ2v) is 8.72. The van der Waals surface area contributed by atoms with Crippen LogP contribution in [0.3, 0.4) is 0 Å². The van der Waals surface area contributed by atoms with E-state index in [0.717, 1.165) is 16.9 Å². The van der Waals surface area contributed by atoms with Crippen LogP contribution >= 0.6 is 0 Å². The Kier molecular flexibility index (Phi) is 6.71. The number of benzene rings is 2. The number of carbonyl (C=O) groups excluding carboxylic acids is 1. The molecule has 0 bridgehead atoms. The Morgan fingerprint density at radius 3 is 2.59 bits per heavy atom. The normalized spacial score (nSPS) is 14.1. The van der Waals surface area contributed by atoms with Crippen molar-refractivity contribution in [3.05, 3.63) is 59.4 Å². The van der Waals surface area contributed by atoms with Crippen molar-refractivity contribution in [3.63, 3.8) is 0 Å². The number of hydrogen-bond donors (Lipinski definition) is 1. The smallest absolute Gasteiger partial charge is 0.257 e. The monoisotopic (exact) mass is 422 g/mol. The number of sulfonamides is 1. The third-order valence-electron chi connectivity index (χ3n) is 4.65. The molecule has 1 heterocycles. The van der Waals surface area contributed by atoms with Gasteiger partial charge in [-0.15, -0.1) is 0 Å². The van der Waals surface area contributed by atoms with Crippen LogP contribution in [0, 0.1) is 5.82 Å². The van der Waals surface area contributed by atoms with E-state index in [-0.39, 0.29) is 18.9 Å². The first-order valence-corrected chi connectivity index (χ1v) is 10.8. The molecule has 0 aliphatic carbocycles. The SMILES string of the molecule is COc1ccc2c(c1)CCN(S(=O)(=O)CCNC(=O)COc1ccc(F)cc1)C2. The zero-order valence-electron chi connectivity index (χ0n) is 16.1. The molecule has 9 heteroatoms. The maximum atomic E-state index is 12.8. The van der Waals surface area contributed by atoms with Gasteiger partial charge in [0, 0.05) is 19.6 Å². The highest BCUT2D eigenvalue weighted by Crippen LogP contribution is 2.25. The standard InChI is InChI=1S/C20H23FN2O5S/c1-27-19-5-2-16-13-23(10-8-15(16)12-19)29(25,26)11-9-22-20(24)14-28-18-6-3-17(21)4-7-18/h2-7,12H,8-11,13-14H2,1H3,(H,22,24). The van der Waals surface area contributed by atoms with Crippen LogP contribution in [0.1, 0.15) is 11.1 Å². The molecule has 2 aromatic rings.